The molecule has 1 aliphatic rings. The molecule has 0 atom stereocenters. The number of benzene rings is 1. The van der Waals surface area contributed by atoms with Gasteiger partial charge in [0, 0.05) is 38.6 Å². The van der Waals surface area contributed by atoms with Gasteiger partial charge in [0.15, 0.2) is 0 Å². The molecule has 2 aromatic rings. The number of hydrogen-bond acceptors (Lipinski definition) is 3. The molecule has 0 spiro atoms. The monoisotopic (exact) mass is 356 g/mol. The van der Waals surface area contributed by atoms with Crippen molar-refractivity contribution in [3.05, 3.63) is 29.6 Å². The molecule has 0 aliphatic carbocycles. The van der Waals surface area contributed by atoms with Gasteiger partial charge in [-0.15, -0.1) is 0 Å². The van der Waals surface area contributed by atoms with Crippen LogP contribution >= 0.6 is 0 Å². The number of fused-ring (bicyclic) bond motifs is 1. The Labute approximate surface area is 154 Å². The fourth-order valence-electron chi connectivity index (χ4n) is 3.40. The van der Waals surface area contributed by atoms with E-state index in [0.717, 1.165) is 22.4 Å². The second kappa shape index (κ2) is 6.74. The normalized spacial score (nSPS) is 15.6. The molecule has 0 N–H and O–H groups in total. The van der Waals surface area contributed by atoms with E-state index in [2.05, 4.69) is 4.98 Å². The second-order valence-electron chi connectivity index (χ2n) is 8.14. The Hall–Kier alpha value is -2.37. The van der Waals surface area contributed by atoms with Crippen LogP contribution in [-0.2, 0) is 23.1 Å². The second-order valence-corrected chi connectivity index (χ2v) is 8.14. The molecule has 1 aliphatic heterocycles. The van der Waals surface area contributed by atoms with E-state index in [1.807, 2.05) is 67.3 Å². The van der Waals surface area contributed by atoms with Crippen LogP contribution in [0.3, 0.4) is 0 Å². The lowest BCUT2D eigenvalue weighted by Gasteiger charge is -2.37. The molecular formula is C20H28N4O2. The van der Waals surface area contributed by atoms with E-state index in [-0.39, 0.29) is 17.2 Å². The predicted molar refractivity (Wildman–Crippen MR) is 102 cm³/mol. The highest BCUT2D eigenvalue weighted by atomic mass is 16.2. The van der Waals surface area contributed by atoms with Crippen molar-refractivity contribution >= 4 is 22.8 Å². The molecule has 1 aromatic carbocycles. The molecule has 1 fully saturated rings. The van der Waals surface area contributed by atoms with E-state index in [9.17, 15) is 9.59 Å². The van der Waals surface area contributed by atoms with Crippen LogP contribution in [0.2, 0.25) is 0 Å². The van der Waals surface area contributed by atoms with Crippen molar-refractivity contribution in [2.45, 2.75) is 34.1 Å². The maximum Gasteiger partial charge on any atom is 0.228 e. The summed E-state index contributed by atoms with van der Waals surface area (Å²) in [7, 11) is 1.99. The largest absolute Gasteiger partial charge is 0.339 e. The Balaban J connectivity index is 1.62. The third-order valence-corrected chi connectivity index (χ3v) is 5.09. The highest BCUT2D eigenvalue weighted by molar-refractivity contribution is 5.83. The molecule has 3 rings (SSSR count). The molecule has 1 saturated heterocycles. The minimum absolute atomic E-state index is 0.111. The van der Waals surface area contributed by atoms with Crippen LogP contribution < -0.4 is 0 Å². The Morgan fingerprint density at radius 2 is 1.69 bits per heavy atom. The number of amides is 2. The van der Waals surface area contributed by atoms with Crippen LogP contribution in [0.4, 0.5) is 0 Å². The summed E-state index contributed by atoms with van der Waals surface area (Å²) in [6.45, 7) is 10.2. The summed E-state index contributed by atoms with van der Waals surface area (Å²) < 4.78 is 2.05. The van der Waals surface area contributed by atoms with Crippen LogP contribution in [0.5, 0.6) is 0 Å². The number of carbonyl (C=O) groups is 2. The average molecular weight is 356 g/mol. The van der Waals surface area contributed by atoms with Crippen molar-refractivity contribution in [1.82, 2.24) is 19.4 Å². The molecule has 0 bridgehead atoms. The molecular weight excluding hydrogens is 328 g/mol. The Morgan fingerprint density at radius 3 is 2.31 bits per heavy atom. The van der Waals surface area contributed by atoms with Gasteiger partial charge in [0.2, 0.25) is 11.8 Å². The van der Waals surface area contributed by atoms with Gasteiger partial charge in [-0.05, 0) is 24.6 Å². The zero-order valence-electron chi connectivity index (χ0n) is 16.4. The summed E-state index contributed by atoms with van der Waals surface area (Å²) in [6.07, 6.45) is 0.374. The number of rotatable bonds is 2. The summed E-state index contributed by atoms with van der Waals surface area (Å²) >= 11 is 0. The highest BCUT2D eigenvalue weighted by Crippen LogP contribution is 2.20. The summed E-state index contributed by atoms with van der Waals surface area (Å²) in [4.78, 5) is 33.3. The van der Waals surface area contributed by atoms with E-state index in [1.54, 1.807) is 0 Å². The van der Waals surface area contributed by atoms with Gasteiger partial charge in [0.25, 0.3) is 0 Å². The Bertz CT molecular complexity index is 839. The molecule has 140 valence electrons. The predicted octanol–water partition coefficient (Wildman–Crippen LogP) is 2.14. The third-order valence-electron chi connectivity index (χ3n) is 5.09. The standard InChI is InChI=1S/C20H28N4O2/c1-14-21-16-12-15(6-7-17(16)22(14)5)13-18(25)23-8-10-24(11-9-23)19(26)20(2,3)4/h6-7,12H,8-11,13H2,1-5H3. The summed E-state index contributed by atoms with van der Waals surface area (Å²) in [6, 6.07) is 6.03. The van der Waals surface area contributed by atoms with Crippen LogP contribution in [0.25, 0.3) is 11.0 Å². The summed E-state index contributed by atoms with van der Waals surface area (Å²) in [5.74, 6) is 1.23. The van der Waals surface area contributed by atoms with Gasteiger partial charge in [-0.25, -0.2) is 4.98 Å². The maximum atomic E-state index is 12.6. The third kappa shape index (κ3) is 3.59. The smallest absolute Gasteiger partial charge is 0.228 e. The van der Waals surface area contributed by atoms with Crippen LogP contribution in [-0.4, -0.2) is 57.3 Å². The van der Waals surface area contributed by atoms with Crippen molar-refractivity contribution < 1.29 is 9.59 Å². The maximum absolute atomic E-state index is 12.6. The van der Waals surface area contributed by atoms with Crippen LogP contribution in [0.1, 0.15) is 32.2 Å². The molecule has 0 saturated carbocycles. The molecule has 0 unspecified atom stereocenters. The number of nitrogens with zero attached hydrogens (tertiary/aromatic N) is 4. The number of hydrogen-bond donors (Lipinski definition) is 0. The van der Waals surface area contributed by atoms with Crippen molar-refractivity contribution in [3.8, 4) is 0 Å². The summed E-state index contributed by atoms with van der Waals surface area (Å²) in [5, 5.41) is 0. The lowest BCUT2D eigenvalue weighted by molar-refractivity contribution is -0.144. The van der Waals surface area contributed by atoms with E-state index < -0.39 is 0 Å². The number of imidazole rings is 1. The minimum Gasteiger partial charge on any atom is -0.339 e. The quantitative estimate of drug-likeness (QED) is 0.828. The van der Waals surface area contributed by atoms with Gasteiger partial charge in [-0.2, -0.15) is 0 Å². The van der Waals surface area contributed by atoms with Gasteiger partial charge < -0.3 is 14.4 Å². The molecule has 26 heavy (non-hydrogen) atoms. The van der Waals surface area contributed by atoms with Gasteiger partial charge in [-0.3, -0.25) is 9.59 Å². The van der Waals surface area contributed by atoms with Gasteiger partial charge in [0.1, 0.15) is 5.82 Å². The fourth-order valence-corrected chi connectivity index (χ4v) is 3.40. The first kappa shape index (κ1) is 18.4. The first-order chi connectivity index (χ1) is 12.2. The first-order valence-corrected chi connectivity index (χ1v) is 9.16. The zero-order chi connectivity index (χ0) is 19.1. The fraction of sp³-hybridized carbons (Fsp3) is 0.550. The van der Waals surface area contributed by atoms with Gasteiger partial charge in [0.05, 0.1) is 17.5 Å². The Morgan fingerprint density at radius 1 is 1.08 bits per heavy atom. The molecule has 2 amide bonds. The van der Waals surface area contributed by atoms with Gasteiger partial charge in [-0.1, -0.05) is 26.8 Å². The lowest BCUT2D eigenvalue weighted by Crippen LogP contribution is -2.53. The topological polar surface area (TPSA) is 58.4 Å². The average Bonchev–Trinajstić information content (AvgIpc) is 2.87. The number of aryl methyl sites for hydroxylation is 2. The molecule has 0 radical (unpaired) electrons. The number of carbonyl (C=O) groups excluding carboxylic acids is 2. The number of aromatic nitrogens is 2. The SMILES string of the molecule is Cc1nc2cc(CC(=O)N3CCN(C(=O)C(C)(C)C)CC3)ccc2n1C. The van der Waals surface area contributed by atoms with Crippen LogP contribution in [0, 0.1) is 12.3 Å². The van der Waals surface area contributed by atoms with E-state index >= 15 is 0 Å². The van der Waals surface area contributed by atoms with Crippen molar-refractivity contribution in [1.29, 1.82) is 0 Å². The van der Waals surface area contributed by atoms with Crippen molar-refractivity contribution in [2.75, 3.05) is 26.2 Å². The molecule has 6 nitrogen and oxygen atoms in total. The van der Waals surface area contributed by atoms with E-state index in [4.69, 9.17) is 0 Å². The number of piperazine rings is 1. The van der Waals surface area contributed by atoms with Crippen LogP contribution in [0.15, 0.2) is 18.2 Å². The zero-order valence-corrected chi connectivity index (χ0v) is 16.4. The van der Waals surface area contributed by atoms with E-state index in [1.165, 1.54) is 0 Å². The minimum atomic E-state index is -0.373. The first-order valence-electron chi connectivity index (χ1n) is 9.16. The highest BCUT2D eigenvalue weighted by Gasteiger charge is 2.30. The summed E-state index contributed by atoms with van der Waals surface area (Å²) in [5.41, 5.74) is 2.61. The Kier molecular flexibility index (Phi) is 4.78. The van der Waals surface area contributed by atoms with Crippen molar-refractivity contribution in [2.24, 2.45) is 12.5 Å². The van der Waals surface area contributed by atoms with E-state index in [0.29, 0.717) is 32.6 Å². The molecule has 1 aromatic heterocycles. The molecule has 2 heterocycles. The van der Waals surface area contributed by atoms with Crippen molar-refractivity contribution in [3.63, 3.8) is 0 Å². The van der Waals surface area contributed by atoms with Gasteiger partial charge >= 0.3 is 0 Å². The molecule has 6 heteroatoms. The lowest BCUT2D eigenvalue weighted by atomic mass is 9.94.